The molecule has 0 heterocycles. The molecule has 0 spiro atoms. The van der Waals surface area contributed by atoms with Crippen molar-refractivity contribution in [2.45, 2.75) is 39.2 Å². The Morgan fingerprint density at radius 3 is 2.53 bits per heavy atom. The number of hydrogen-bond acceptors (Lipinski definition) is 3. The number of hydrogen-bond donors (Lipinski definition) is 1. The van der Waals surface area contributed by atoms with Crippen LogP contribution in [0.3, 0.4) is 0 Å². The minimum atomic E-state index is 0.224. The Balaban J connectivity index is 2.52. The molecular formula is C14H20N2O. The van der Waals surface area contributed by atoms with Crippen LogP contribution < -0.4 is 10.1 Å². The normalized spacial score (nSPS) is 11.6. The molecule has 0 saturated heterocycles. The fourth-order valence-corrected chi connectivity index (χ4v) is 1.51. The molecule has 1 aromatic carbocycles. The highest BCUT2D eigenvalue weighted by Crippen LogP contribution is 2.17. The van der Waals surface area contributed by atoms with Gasteiger partial charge in [0.1, 0.15) is 5.75 Å². The molecule has 0 aliphatic rings. The molecule has 0 aliphatic heterocycles. The van der Waals surface area contributed by atoms with E-state index >= 15 is 0 Å². The summed E-state index contributed by atoms with van der Waals surface area (Å²) in [6.45, 7) is 4.91. The molecule has 0 amide bonds. The molecular weight excluding hydrogens is 212 g/mol. The van der Waals surface area contributed by atoms with E-state index in [1.54, 1.807) is 0 Å². The molecule has 1 atom stereocenters. The van der Waals surface area contributed by atoms with E-state index in [0.29, 0.717) is 6.42 Å². The molecule has 1 unspecified atom stereocenters. The largest absolute Gasteiger partial charge is 0.494 e. The van der Waals surface area contributed by atoms with Gasteiger partial charge in [0.05, 0.1) is 19.1 Å². The van der Waals surface area contributed by atoms with Gasteiger partial charge in [-0.15, -0.1) is 0 Å². The van der Waals surface area contributed by atoms with Gasteiger partial charge >= 0.3 is 0 Å². The lowest BCUT2D eigenvalue weighted by Gasteiger charge is -2.15. The number of nitrogens with zero attached hydrogens (tertiary/aromatic N) is 1. The van der Waals surface area contributed by atoms with Crippen LogP contribution in [0.15, 0.2) is 24.3 Å². The first kappa shape index (κ1) is 13.4. The average Bonchev–Trinajstić information content (AvgIpc) is 2.37. The number of nitrogens with one attached hydrogen (secondary N) is 1. The van der Waals surface area contributed by atoms with Crippen molar-refractivity contribution in [1.29, 1.82) is 5.26 Å². The van der Waals surface area contributed by atoms with Gasteiger partial charge in [-0.1, -0.05) is 13.8 Å². The summed E-state index contributed by atoms with van der Waals surface area (Å²) < 4.78 is 5.51. The van der Waals surface area contributed by atoms with E-state index < -0.39 is 0 Å². The maximum atomic E-state index is 8.68. The van der Waals surface area contributed by atoms with E-state index in [-0.39, 0.29) is 6.04 Å². The van der Waals surface area contributed by atoms with Gasteiger partial charge in [0, 0.05) is 11.7 Å². The third-order valence-corrected chi connectivity index (χ3v) is 2.53. The molecule has 1 aromatic rings. The zero-order valence-electron chi connectivity index (χ0n) is 10.6. The Morgan fingerprint density at radius 2 is 2.00 bits per heavy atom. The summed E-state index contributed by atoms with van der Waals surface area (Å²) >= 11 is 0. The molecule has 17 heavy (non-hydrogen) atoms. The first-order valence-electron chi connectivity index (χ1n) is 6.16. The highest BCUT2D eigenvalue weighted by molar-refractivity contribution is 5.47. The standard InChI is InChI=1S/C14H20N2O/c1-3-11-17-14-7-5-13(6-8-14)16-12(4-2)9-10-15/h5-8,12,16H,3-4,9,11H2,1-2H3. The summed E-state index contributed by atoms with van der Waals surface area (Å²) in [4.78, 5) is 0. The maximum Gasteiger partial charge on any atom is 0.119 e. The SMILES string of the molecule is CCCOc1ccc(NC(CC)CC#N)cc1. The average molecular weight is 232 g/mol. The molecule has 92 valence electrons. The van der Waals surface area contributed by atoms with Gasteiger partial charge in [0.2, 0.25) is 0 Å². The second-order valence-corrected chi connectivity index (χ2v) is 3.98. The topological polar surface area (TPSA) is 45.0 Å². The van der Waals surface area contributed by atoms with Gasteiger partial charge in [0.15, 0.2) is 0 Å². The summed E-state index contributed by atoms with van der Waals surface area (Å²) in [6, 6.07) is 10.3. The lowest BCUT2D eigenvalue weighted by molar-refractivity contribution is 0.317. The predicted molar refractivity (Wildman–Crippen MR) is 70.2 cm³/mol. The minimum Gasteiger partial charge on any atom is -0.494 e. The highest BCUT2D eigenvalue weighted by Gasteiger charge is 2.04. The van der Waals surface area contributed by atoms with Crippen molar-refractivity contribution >= 4 is 5.69 Å². The van der Waals surface area contributed by atoms with Crippen LogP contribution in [0.1, 0.15) is 33.1 Å². The van der Waals surface area contributed by atoms with Gasteiger partial charge in [-0.2, -0.15) is 5.26 Å². The second-order valence-electron chi connectivity index (χ2n) is 3.98. The number of anilines is 1. The van der Waals surface area contributed by atoms with Crippen LogP contribution in [-0.4, -0.2) is 12.6 Å². The van der Waals surface area contributed by atoms with Gasteiger partial charge in [-0.3, -0.25) is 0 Å². The number of nitriles is 1. The maximum absolute atomic E-state index is 8.68. The number of ether oxygens (including phenoxy) is 1. The minimum absolute atomic E-state index is 0.224. The van der Waals surface area contributed by atoms with E-state index in [2.05, 4.69) is 25.2 Å². The fraction of sp³-hybridized carbons (Fsp3) is 0.500. The Hall–Kier alpha value is -1.69. The van der Waals surface area contributed by atoms with E-state index in [4.69, 9.17) is 10.00 Å². The van der Waals surface area contributed by atoms with Gasteiger partial charge in [-0.05, 0) is 37.1 Å². The predicted octanol–water partition coefficient (Wildman–Crippen LogP) is 3.58. The molecule has 0 bridgehead atoms. The van der Waals surface area contributed by atoms with Crippen molar-refractivity contribution in [1.82, 2.24) is 0 Å². The summed E-state index contributed by atoms with van der Waals surface area (Å²) in [7, 11) is 0. The molecule has 3 heteroatoms. The molecule has 0 radical (unpaired) electrons. The summed E-state index contributed by atoms with van der Waals surface area (Å²) in [6.07, 6.45) is 2.49. The summed E-state index contributed by atoms with van der Waals surface area (Å²) in [5.74, 6) is 0.894. The monoisotopic (exact) mass is 232 g/mol. The van der Waals surface area contributed by atoms with Crippen LogP contribution in [0, 0.1) is 11.3 Å². The van der Waals surface area contributed by atoms with E-state index in [0.717, 1.165) is 30.9 Å². The Kier molecular flexibility index (Phi) is 5.95. The molecule has 0 aromatic heterocycles. The van der Waals surface area contributed by atoms with Crippen LogP contribution in [0.2, 0.25) is 0 Å². The quantitative estimate of drug-likeness (QED) is 0.781. The molecule has 0 aliphatic carbocycles. The van der Waals surface area contributed by atoms with Crippen molar-refractivity contribution in [3.05, 3.63) is 24.3 Å². The zero-order valence-corrected chi connectivity index (χ0v) is 10.6. The number of benzene rings is 1. The first-order chi connectivity index (χ1) is 8.30. The van der Waals surface area contributed by atoms with Gasteiger partial charge in [-0.25, -0.2) is 0 Å². The molecule has 0 saturated carbocycles. The second kappa shape index (κ2) is 7.56. The Morgan fingerprint density at radius 1 is 1.29 bits per heavy atom. The van der Waals surface area contributed by atoms with Crippen molar-refractivity contribution in [3.8, 4) is 11.8 Å². The Labute approximate surface area is 103 Å². The first-order valence-corrected chi connectivity index (χ1v) is 6.16. The third kappa shape index (κ3) is 4.78. The molecule has 0 fully saturated rings. The van der Waals surface area contributed by atoms with Crippen molar-refractivity contribution in [3.63, 3.8) is 0 Å². The molecule has 1 rings (SSSR count). The zero-order chi connectivity index (χ0) is 12.5. The third-order valence-electron chi connectivity index (χ3n) is 2.53. The van der Waals surface area contributed by atoms with Crippen LogP contribution >= 0.6 is 0 Å². The van der Waals surface area contributed by atoms with Crippen LogP contribution in [-0.2, 0) is 0 Å². The van der Waals surface area contributed by atoms with E-state index in [1.807, 2.05) is 24.3 Å². The molecule has 3 nitrogen and oxygen atoms in total. The smallest absolute Gasteiger partial charge is 0.119 e. The van der Waals surface area contributed by atoms with Gasteiger partial charge in [0.25, 0.3) is 0 Å². The van der Waals surface area contributed by atoms with Crippen LogP contribution in [0.25, 0.3) is 0 Å². The van der Waals surface area contributed by atoms with Crippen molar-refractivity contribution in [2.75, 3.05) is 11.9 Å². The lowest BCUT2D eigenvalue weighted by atomic mass is 10.1. The number of rotatable bonds is 7. The summed E-state index contributed by atoms with van der Waals surface area (Å²) in [5, 5.41) is 12.0. The van der Waals surface area contributed by atoms with Crippen molar-refractivity contribution < 1.29 is 4.74 Å². The van der Waals surface area contributed by atoms with E-state index in [1.165, 1.54) is 0 Å². The van der Waals surface area contributed by atoms with Crippen LogP contribution in [0.5, 0.6) is 5.75 Å². The fourth-order valence-electron chi connectivity index (χ4n) is 1.51. The Bertz CT molecular complexity index is 353. The van der Waals surface area contributed by atoms with Crippen molar-refractivity contribution in [2.24, 2.45) is 0 Å². The van der Waals surface area contributed by atoms with Gasteiger partial charge < -0.3 is 10.1 Å². The summed E-state index contributed by atoms with van der Waals surface area (Å²) in [5.41, 5.74) is 1.04. The van der Waals surface area contributed by atoms with Crippen LogP contribution in [0.4, 0.5) is 5.69 Å². The van der Waals surface area contributed by atoms with E-state index in [9.17, 15) is 0 Å². The molecule has 1 N–H and O–H groups in total. The lowest BCUT2D eigenvalue weighted by Crippen LogP contribution is -2.17. The highest BCUT2D eigenvalue weighted by atomic mass is 16.5.